The van der Waals surface area contributed by atoms with Gasteiger partial charge in [-0.1, -0.05) is 54.6 Å². The summed E-state index contributed by atoms with van der Waals surface area (Å²) in [5.41, 5.74) is 7.66. The first-order chi connectivity index (χ1) is 8.92. The summed E-state index contributed by atoms with van der Waals surface area (Å²) in [5.74, 6) is 0. The van der Waals surface area contributed by atoms with E-state index in [4.69, 9.17) is 0 Å². The fraction of sp³-hybridized carbons (Fsp3) is 0.0625. The third-order valence-corrected chi connectivity index (χ3v) is 2.96. The molecule has 2 nitrogen and oxygen atoms in total. The van der Waals surface area contributed by atoms with E-state index in [9.17, 15) is 0 Å². The average Bonchev–Trinajstić information content (AvgIpc) is 2.63. The molecule has 0 saturated carbocycles. The summed E-state index contributed by atoms with van der Waals surface area (Å²) >= 11 is 0. The first-order valence-electron chi connectivity index (χ1n) is 6.05. The SMILES string of the molecule is C1=Cc2ccccc2NN=C1Cc1ccccc1. The number of hydrogen-bond donors (Lipinski definition) is 1. The summed E-state index contributed by atoms with van der Waals surface area (Å²) in [6.07, 6.45) is 5.03. The van der Waals surface area contributed by atoms with E-state index in [0.717, 1.165) is 17.8 Å². The highest BCUT2D eigenvalue weighted by atomic mass is 15.3. The highest BCUT2D eigenvalue weighted by Gasteiger charge is 2.04. The van der Waals surface area contributed by atoms with Gasteiger partial charge in [0.05, 0.1) is 11.4 Å². The van der Waals surface area contributed by atoms with Crippen molar-refractivity contribution < 1.29 is 0 Å². The van der Waals surface area contributed by atoms with Crippen molar-refractivity contribution in [1.82, 2.24) is 0 Å². The zero-order valence-corrected chi connectivity index (χ0v) is 10.0. The van der Waals surface area contributed by atoms with Crippen LogP contribution in [-0.4, -0.2) is 5.71 Å². The zero-order chi connectivity index (χ0) is 12.2. The van der Waals surface area contributed by atoms with Gasteiger partial charge in [0, 0.05) is 6.42 Å². The molecule has 1 heterocycles. The molecule has 0 saturated heterocycles. The minimum absolute atomic E-state index is 0.846. The van der Waals surface area contributed by atoms with Crippen molar-refractivity contribution in [2.45, 2.75) is 6.42 Å². The van der Waals surface area contributed by atoms with Gasteiger partial charge in [0.2, 0.25) is 0 Å². The Morgan fingerprint density at radius 3 is 2.50 bits per heavy atom. The first-order valence-corrected chi connectivity index (χ1v) is 6.05. The van der Waals surface area contributed by atoms with E-state index in [-0.39, 0.29) is 0 Å². The number of anilines is 1. The van der Waals surface area contributed by atoms with E-state index in [1.165, 1.54) is 11.1 Å². The van der Waals surface area contributed by atoms with Gasteiger partial charge in [-0.2, -0.15) is 5.10 Å². The van der Waals surface area contributed by atoms with Gasteiger partial charge in [-0.15, -0.1) is 0 Å². The molecule has 0 unspecified atom stereocenters. The molecule has 0 fully saturated rings. The third kappa shape index (κ3) is 2.33. The number of fused-ring (bicyclic) bond motifs is 1. The largest absolute Gasteiger partial charge is 0.278 e. The fourth-order valence-corrected chi connectivity index (χ4v) is 2.00. The number of rotatable bonds is 2. The molecular weight excluding hydrogens is 220 g/mol. The average molecular weight is 234 g/mol. The lowest BCUT2D eigenvalue weighted by Crippen LogP contribution is -2.01. The minimum Gasteiger partial charge on any atom is -0.278 e. The van der Waals surface area contributed by atoms with Gasteiger partial charge >= 0.3 is 0 Å². The summed E-state index contributed by atoms with van der Waals surface area (Å²) in [5, 5.41) is 4.44. The monoisotopic (exact) mass is 234 g/mol. The van der Waals surface area contributed by atoms with E-state index in [1.807, 2.05) is 24.3 Å². The number of para-hydroxylation sites is 1. The molecule has 1 aliphatic rings. The Morgan fingerprint density at radius 2 is 1.61 bits per heavy atom. The molecule has 0 amide bonds. The normalized spacial score (nSPS) is 13.2. The Morgan fingerprint density at radius 1 is 0.833 bits per heavy atom. The molecule has 0 atom stereocenters. The van der Waals surface area contributed by atoms with Gasteiger partial charge in [0.1, 0.15) is 0 Å². The third-order valence-electron chi connectivity index (χ3n) is 2.96. The maximum atomic E-state index is 4.44. The van der Waals surface area contributed by atoms with Gasteiger partial charge in [-0.25, -0.2) is 0 Å². The maximum absolute atomic E-state index is 4.44. The Hall–Kier alpha value is -2.35. The smallest absolute Gasteiger partial charge is 0.0651 e. The number of hydrazone groups is 1. The molecule has 0 aromatic heterocycles. The molecule has 0 aliphatic carbocycles. The summed E-state index contributed by atoms with van der Waals surface area (Å²) in [4.78, 5) is 0. The highest BCUT2D eigenvalue weighted by molar-refractivity contribution is 6.01. The van der Waals surface area contributed by atoms with Crippen molar-refractivity contribution in [1.29, 1.82) is 0 Å². The summed E-state index contributed by atoms with van der Waals surface area (Å²) in [6.45, 7) is 0. The lowest BCUT2D eigenvalue weighted by Gasteiger charge is -2.03. The van der Waals surface area contributed by atoms with E-state index in [2.05, 4.69) is 53.0 Å². The van der Waals surface area contributed by atoms with Crippen LogP contribution in [0.2, 0.25) is 0 Å². The van der Waals surface area contributed by atoms with E-state index >= 15 is 0 Å². The maximum Gasteiger partial charge on any atom is 0.0651 e. The summed E-state index contributed by atoms with van der Waals surface area (Å²) in [7, 11) is 0. The van der Waals surface area contributed by atoms with Gasteiger partial charge < -0.3 is 0 Å². The summed E-state index contributed by atoms with van der Waals surface area (Å²) in [6, 6.07) is 18.5. The van der Waals surface area contributed by atoms with Crippen LogP contribution in [0, 0.1) is 0 Å². The molecule has 3 rings (SSSR count). The minimum atomic E-state index is 0.846. The van der Waals surface area contributed by atoms with Crippen molar-refractivity contribution >= 4 is 17.5 Å². The Bertz CT molecular complexity index is 598. The fourth-order valence-electron chi connectivity index (χ4n) is 2.00. The van der Waals surface area contributed by atoms with E-state index < -0.39 is 0 Å². The van der Waals surface area contributed by atoms with Gasteiger partial charge in [-0.05, 0) is 23.3 Å². The molecule has 0 bridgehead atoms. The van der Waals surface area contributed by atoms with E-state index in [1.54, 1.807) is 0 Å². The van der Waals surface area contributed by atoms with Crippen LogP contribution in [0.3, 0.4) is 0 Å². The highest BCUT2D eigenvalue weighted by Crippen LogP contribution is 2.19. The molecule has 1 aliphatic heterocycles. The van der Waals surface area contributed by atoms with Crippen LogP contribution in [0.1, 0.15) is 11.1 Å². The second kappa shape index (κ2) is 4.88. The van der Waals surface area contributed by atoms with Crippen LogP contribution < -0.4 is 5.43 Å². The van der Waals surface area contributed by atoms with Crippen molar-refractivity contribution in [2.24, 2.45) is 5.10 Å². The topological polar surface area (TPSA) is 24.4 Å². The molecular formula is C16H14N2. The quantitative estimate of drug-likeness (QED) is 0.841. The van der Waals surface area contributed by atoms with Gasteiger partial charge in [-0.3, -0.25) is 5.43 Å². The predicted molar refractivity (Wildman–Crippen MR) is 76.7 cm³/mol. The van der Waals surface area contributed by atoms with Crippen LogP contribution >= 0.6 is 0 Å². The lowest BCUT2D eigenvalue weighted by atomic mass is 10.1. The number of nitrogens with zero attached hydrogens (tertiary/aromatic N) is 1. The van der Waals surface area contributed by atoms with Crippen molar-refractivity contribution in [3.05, 3.63) is 71.8 Å². The molecule has 1 N–H and O–H groups in total. The van der Waals surface area contributed by atoms with Gasteiger partial charge in [0.15, 0.2) is 0 Å². The zero-order valence-electron chi connectivity index (χ0n) is 10.0. The van der Waals surface area contributed by atoms with E-state index in [0.29, 0.717) is 0 Å². The second-order valence-electron chi connectivity index (χ2n) is 4.30. The molecule has 88 valence electrons. The lowest BCUT2D eigenvalue weighted by molar-refractivity contribution is 1.26. The number of hydrogen-bond acceptors (Lipinski definition) is 2. The Kier molecular flexibility index (Phi) is 2.92. The van der Waals surface area contributed by atoms with Crippen molar-refractivity contribution in [3.8, 4) is 0 Å². The first kappa shape index (κ1) is 10.8. The van der Waals surface area contributed by atoms with Gasteiger partial charge in [0.25, 0.3) is 0 Å². The van der Waals surface area contributed by atoms with Crippen LogP contribution in [-0.2, 0) is 6.42 Å². The van der Waals surface area contributed by atoms with Crippen molar-refractivity contribution in [2.75, 3.05) is 5.43 Å². The molecule has 2 heteroatoms. The number of benzene rings is 2. The predicted octanol–water partition coefficient (Wildman–Crippen LogP) is 3.72. The molecule has 18 heavy (non-hydrogen) atoms. The molecule has 0 spiro atoms. The Balaban J connectivity index is 1.83. The molecule has 0 radical (unpaired) electrons. The van der Waals surface area contributed by atoms with Crippen molar-refractivity contribution in [3.63, 3.8) is 0 Å². The standard InChI is InChI=1S/C16H14N2/c1-2-6-13(7-3-1)12-15-11-10-14-8-4-5-9-16(14)18-17-15/h1-11,18H,12H2. The number of nitrogens with one attached hydrogen (secondary N) is 1. The van der Waals surface area contributed by atoms with Crippen LogP contribution in [0.25, 0.3) is 6.08 Å². The van der Waals surface area contributed by atoms with Crippen LogP contribution in [0.4, 0.5) is 5.69 Å². The van der Waals surface area contributed by atoms with Crippen LogP contribution in [0.15, 0.2) is 65.8 Å². The second-order valence-corrected chi connectivity index (χ2v) is 4.30. The Labute approximate surface area is 107 Å². The molecule has 2 aromatic carbocycles. The van der Waals surface area contributed by atoms with Crippen LogP contribution in [0.5, 0.6) is 0 Å². The number of allylic oxidation sites excluding steroid dienone is 1. The summed E-state index contributed by atoms with van der Waals surface area (Å²) < 4.78 is 0. The molecule has 2 aromatic rings.